The normalized spacial score (nSPS) is 11.5. The van der Waals surface area contributed by atoms with Gasteiger partial charge >= 0.3 is 5.97 Å². The maximum atomic E-state index is 13.5. The van der Waals surface area contributed by atoms with Crippen LogP contribution in [0, 0.1) is 0 Å². The van der Waals surface area contributed by atoms with E-state index in [1.165, 1.54) is 13.8 Å². The molecule has 0 radical (unpaired) electrons. The average Bonchev–Trinajstić information content (AvgIpc) is 3.17. The van der Waals surface area contributed by atoms with Crippen molar-refractivity contribution in [2.75, 3.05) is 0 Å². The van der Waals surface area contributed by atoms with Gasteiger partial charge in [0, 0.05) is 29.6 Å². The standard InChI is InChI=1S/C26H28N2O4/c1-4-5-6-7-14-23(27-32-19(3)30)26(31)22-17-28(25-16-11-9-13-21(22)25)24-15-10-8-12-20(24)18(2)29/h8-13,15-17H,4-7,14H2,1-3H3/b27-23+. The number of aromatic nitrogens is 1. The fourth-order valence-electron chi connectivity index (χ4n) is 3.74. The molecule has 0 amide bonds. The molecule has 166 valence electrons. The molecule has 0 N–H and O–H groups in total. The second-order valence-corrected chi connectivity index (χ2v) is 7.76. The molecule has 0 aliphatic carbocycles. The number of nitrogens with zero attached hydrogens (tertiary/aromatic N) is 2. The number of oxime groups is 1. The molecular formula is C26H28N2O4. The molecule has 0 saturated carbocycles. The lowest BCUT2D eigenvalue weighted by Gasteiger charge is -2.09. The van der Waals surface area contributed by atoms with Gasteiger partial charge in [0.05, 0.1) is 11.2 Å². The zero-order valence-corrected chi connectivity index (χ0v) is 18.8. The fraction of sp³-hybridized carbons (Fsp3) is 0.308. The van der Waals surface area contributed by atoms with Gasteiger partial charge in [0.2, 0.25) is 5.78 Å². The summed E-state index contributed by atoms with van der Waals surface area (Å²) in [6.07, 6.45) is 6.06. The summed E-state index contributed by atoms with van der Waals surface area (Å²) in [6.45, 7) is 4.90. The van der Waals surface area contributed by atoms with Crippen molar-refractivity contribution in [2.45, 2.75) is 52.9 Å². The van der Waals surface area contributed by atoms with Crippen LogP contribution >= 0.6 is 0 Å². The van der Waals surface area contributed by atoms with Crippen molar-refractivity contribution in [3.05, 3.63) is 65.9 Å². The maximum Gasteiger partial charge on any atom is 0.331 e. The highest BCUT2D eigenvalue weighted by Crippen LogP contribution is 2.28. The van der Waals surface area contributed by atoms with E-state index in [4.69, 9.17) is 4.84 Å². The van der Waals surface area contributed by atoms with Crippen LogP contribution in [0.15, 0.2) is 59.9 Å². The first-order valence-electron chi connectivity index (χ1n) is 10.9. The molecule has 0 saturated heterocycles. The van der Waals surface area contributed by atoms with Crippen molar-refractivity contribution in [1.29, 1.82) is 0 Å². The van der Waals surface area contributed by atoms with E-state index in [9.17, 15) is 14.4 Å². The smallest absolute Gasteiger partial charge is 0.318 e. The Kier molecular flexibility index (Phi) is 7.71. The molecule has 1 heterocycles. The summed E-state index contributed by atoms with van der Waals surface area (Å²) >= 11 is 0. The molecule has 2 aromatic carbocycles. The van der Waals surface area contributed by atoms with Crippen molar-refractivity contribution >= 4 is 34.2 Å². The molecule has 0 aliphatic rings. The minimum absolute atomic E-state index is 0.0562. The zero-order valence-electron chi connectivity index (χ0n) is 18.8. The number of para-hydroxylation sites is 2. The summed E-state index contributed by atoms with van der Waals surface area (Å²) in [5.41, 5.74) is 2.76. The summed E-state index contributed by atoms with van der Waals surface area (Å²) in [7, 11) is 0. The van der Waals surface area contributed by atoms with Crippen molar-refractivity contribution in [1.82, 2.24) is 4.57 Å². The number of rotatable bonds is 10. The summed E-state index contributed by atoms with van der Waals surface area (Å²) < 4.78 is 1.86. The number of fused-ring (bicyclic) bond motifs is 1. The third kappa shape index (κ3) is 5.19. The van der Waals surface area contributed by atoms with Gasteiger partial charge in [-0.05, 0) is 38.0 Å². The Labute approximate surface area is 187 Å². The van der Waals surface area contributed by atoms with E-state index in [1.807, 2.05) is 47.0 Å². The Morgan fingerprint density at radius 1 is 0.906 bits per heavy atom. The van der Waals surface area contributed by atoms with Gasteiger partial charge < -0.3 is 9.40 Å². The molecule has 0 unspecified atom stereocenters. The minimum atomic E-state index is -0.568. The third-order valence-electron chi connectivity index (χ3n) is 5.31. The first kappa shape index (κ1) is 23.1. The number of ketones is 2. The SMILES string of the molecule is CCCCCC/C(=N\OC(C)=O)C(=O)c1cn(-c2ccccc2C(C)=O)c2ccccc12. The highest BCUT2D eigenvalue weighted by Gasteiger charge is 2.22. The third-order valence-corrected chi connectivity index (χ3v) is 5.31. The molecule has 0 fully saturated rings. The molecule has 0 spiro atoms. The number of carbonyl (C=O) groups is 3. The summed E-state index contributed by atoms with van der Waals surface area (Å²) in [6, 6.07) is 14.8. The van der Waals surface area contributed by atoms with Crippen LogP contribution in [0.3, 0.4) is 0 Å². The van der Waals surface area contributed by atoms with Crippen LogP contribution in [-0.4, -0.2) is 27.8 Å². The topological polar surface area (TPSA) is 77.7 Å². The largest absolute Gasteiger partial charge is 0.331 e. The average molecular weight is 433 g/mol. The van der Waals surface area contributed by atoms with Gasteiger partial charge in [-0.2, -0.15) is 0 Å². The summed E-state index contributed by atoms with van der Waals surface area (Å²) in [5, 5.41) is 4.64. The van der Waals surface area contributed by atoms with Gasteiger partial charge in [-0.15, -0.1) is 0 Å². The van der Waals surface area contributed by atoms with Crippen LogP contribution in [0.4, 0.5) is 0 Å². The fourth-order valence-corrected chi connectivity index (χ4v) is 3.74. The molecule has 32 heavy (non-hydrogen) atoms. The van der Waals surface area contributed by atoms with E-state index in [0.29, 0.717) is 23.2 Å². The van der Waals surface area contributed by atoms with Gasteiger partial charge in [-0.3, -0.25) is 9.59 Å². The molecular weight excluding hydrogens is 404 g/mol. The highest BCUT2D eigenvalue weighted by molar-refractivity contribution is 6.47. The second kappa shape index (κ2) is 10.7. The number of carbonyl (C=O) groups excluding carboxylic acids is 3. The van der Waals surface area contributed by atoms with Crippen LogP contribution in [0.5, 0.6) is 0 Å². The molecule has 6 heteroatoms. The van der Waals surface area contributed by atoms with Gasteiger partial charge in [-0.1, -0.05) is 61.7 Å². The van der Waals surface area contributed by atoms with E-state index in [1.54, 1.807) is 12.3 Å². The van der Waals surface area contributed by atoms with E-state index >= 15 is 0 Å². The maximum absolute atomic E-state index is 13.5. The Hall–Kier alpha value is -3.54. The van der Waals surface area contributed by atoms with Crippen LogP contribution in [0.25, 0.3) is 16.6 Å². The Morgan fingerprint density at radius 2 is 1.62 bits per heavy atom. The Balaban J connectivity index is 2.08. The lowest BCUT2D eigenvalue weighted by Crippen LogP contribution is -2.16. The van der Waals surface area contributed by atoms with E-state index in [0.717, 1.165) is 36.6 Å². The van der Waals surface area contributed by atoms with Gasteiger partial charge in [0.15, 0.2) is 5.78 Å². The number of unbranched alkanes of at least 4 members (excludes halogenated alkanes) is 3. The lowest BCUT2D eigenvalue weighted by atomic mass is 10.0. The summed E-state index contributed by atoms with van der Waals surface area (Å²) in [5.74, 6) is -0.904. The number of hydrogen-bond acceptors (Lipinski definition) is 5. The van der Waals surface area contributed by atoms with Crippen LogP contribution in [0.1, 0.15) is 73.6 Å². The van der Waals surface area contributed by atoms with Crippen LogP contribution in [0.2, 0.25) is 0 Å². The van der Waals surface area contributed by atoms with Crippen molar-refractivity contribution in [3.8, 4) is 5.69 Å². The van der Waals surface area contributed by atoms with Gasteiger partial charge in [-0.25, -0.2) is 4.79 Å². The number of Topliss-reactive ketones (excluding diaryl/α,β-unsaturated/α-hetero) is 2. The molecule has 0 bridgehead atoms. The van der Waals surface area contributed by atoms with Crippen LogP contribution < -0.4 is 0 Å². The molecule has 1 aromatic heterocycles. The minimum Gasteiger partial charge on any atom is -0.318 e. The molecule has 6 nitrogen and oxygen atoms in total. The van der Waals surface area contributed by atoms with Crippen molar-refractivity contribution in [2.24, 2.45) is 5.16 Å². The van der Waals surface area contributed by atoms with Crippen molar-refractivity contribution in [3.63, 3.8) is 0 Å². The molecule has 3 rings (SSSR count). The van der Waals surface area contributed by atoms with Crippen molar-refractivity contribution < 1.29 is 19.2 Å². The zero-order chi connectivity index (χ0) is 23.1. The first-order valence-corrected chi connectivity index (χ1v) is 10.9. The molecule has 3 aromatic rings. The quantitative estimate of drug-likeness (QED) is 0.131. The number of hydrogen-bond donors (Lipinski definition) is 0. The number of benzene rings is 2. The Morgan fingerprint density at radius 3 is 2.34 bits per heavy atom. The highest BCUT2D eigenvalue weighted by atomic mass is 16.7. The monoisotopic (exact) mass is 432 g/mol. The molecule has 0 atom stereocenters. The lowest BCUT2D eigenvalue weighted by molar-refractivity contribution is -0.140. The van der Waals surface area contributed by atoms with E-state index < -0.39 is 5.97 Å². The van der Waals surface area contributed by atoms with Crippen LogP contribution in [-0.2, 0) is 9.63 Å². The summed E-state index contributed by atoms with van der Waals surface area (Å²) in [4.78, 5) is 41.8. The van der Waals surface area contributed by atoms with E-state index in [2.05, 4.69) is 12.1 Å². The second-order valence-electron chi connectivity index (χ2n) is 7.76. The first-order chi connectivity index (χ1) is 15.4. The molecule has 0 aliphatic heterocycles. The van der Waals surface area contributed by atoms with Gasteiger partial charge in [0.25, 0.3) is 0 Å². The van der Waals surface area contributed by atoms with E-state index in [-0.39, 0.29) is 17.3 Å². The van der Waals surface area contributed by atoms with Gasteiger partial charge in [0.1, 0.15) is 5.71 Å². The predicted molar refractivity (Wildman–Crippen MR) is 126 cm³/mol. The predicted octanol–water partition coefficient (Wildman–Crippen LogP) is 5.91. The Bertz CT molecular complexity index is 1170.